The Kier molecular flexibility index (Phi) is 23.0. The molecule has 62 heavy (non-hydrogen) atoms. The number of fused-ring (bicyclic) bond motifs is 1. The van der Waals surface area contributed by atoms with Crippen molar-refractivity contribution >= 4 is 34.4 Å². The second kappa shape index (κ2) is 29.8. The molecule has 20 nitrogen and oxygen atoms in total. The standard InChI is InChI=1S/C21H21N7O3.C21H4.H3N7O3.8H2/c1-30-15-7-6-12(8-16(15)31-2)18-19-20(24-11-23-19)28-21(27-18)26-14-5-3-4-13(9-14)25-17(29)10-22;1-3-5-7-9-11-13-15-17-19-21-20-18-16-14-12-10-8-6-4-2;1-2-3-4-5-6-7(8)10-9;;;;;;;;/h3-9,11H,10,22H2,1-2H3,(H,25,29)(H2,23,24,26,27,28);1H,2H3;9H,(H2,1,3,5);8*1H. The molecule has 0 aliphatic carbocycles. The second-order valence-corrected chi connectivity index (χ2v) is 9.84. The number of carbonyl (C=O) groups is 1. The van der Waals surface area contributed by atoms with E-state index in [1.54, 1.807) is 45.7 Å². The molecule has 0 bridgehead atoms. The van der Waals surface area contributed by atoms with Crippen molar-refractivity contribution in [2.24, 2.45) is 37.7 Å². The monoisotopic (exact) mass is 840 g/mol. The molecule has 0 atom stereocenters. The van der Waals surface area contributed by atoms with E-state index < -0.39 is 5.02 Å². The molecule has 1 amide bonds. The normalized spacial score (nSPS) is 8.74. The van der Waals surface area contributed by atoms with Gasteiger partial charge < -0.3 is 46.9 Å². The summed E-state index contributed by atoms with van der Waals surface area (Å²) in [5.41, 5.74) is 9.33. The van der Waals surface area contributed by atoms with E-state index in [2.05, 4.69) is 180 Å². The van der Waals surface area contributed by atoms with Crippen LogP contribution in [0.1, 0.15) is 18.3 Å². The summed E-state index contributed by atoms with van der Waals surface area (Å²) in [5.74, 6) is 52.7. The molecule has 0 aliphatic heterocycles. The lowest BCUT2D eigenvalue weighted by molar-refractivity contribution is -0.873. The number of carbonyl (C=O) groups excluding carboxylic acids is 1. The van der Waals surface area contributed by atoms with Gasteiger partial charge >= 0.3 is 0 Å². The predicted molar refractivity (Wildman–Crippen MR) is 243 cm³/mol. The van der Waals surface area contributed by atoms with Gasteiger partial charge in [0.25, 0.3) is 0 Å². The SMILES string of the molecule is C#CC#CC#CC#CC#CC#CC#CC#CC#CC#CC.COc1ccc(-c2nc(Nc3cccc(NC(=O)CN)c3)nc3nc[nH]c23)cc1OC.NN=NN=NN=[N+]([O-])OO.[HH].[HH].[HH].[HH].[HH].[HH].[HH].[HH]. The van der Waals surface area contributed by atoms with E-state index in [0.717, 1.165) is 5.56 Å². The summed E-state index contributed by atoms with van der Waals surface area (Å²) in [4.78, 5) is 31.1. The minimum Gasteiger partial charge on any atom is -0.493 e. The zero-order valence-electron chi connectivity index (χ0n) is 32.6. The highest BCUT2D eigenvalue weighted by Gasteiger charge is 2.15. The molecule has 0 spiro atoms. The predicted octanol–water partition coefficient (Wildman–Crippen LogP) is 5.28. The second-order valence-electron chi connectivity index (χ2n) is 9.84. The number of terminal acetylenes is 1. The first-order valence-corrected chi connectivity index (χ1v) is 16.5. The molecule has 0 fully saturated rings. The van der Waals surface area contributed by atoms with Crippen LogP contribution in [0.15, 0.2) is 74.9 Å². The topological polar surface area (TPSA) is 283 Å². The van der Waals surface area contributed by atoms with E-state index in [4.69, 9.17) is 26.9 Å². The van der Waals surface area contributed by atoms with Crippen molar-refractivity contribution < 1.29 is 41.0 Å². The summed E-state index contributed by atoms with van der Waals surface area (Å²) >= 11 is 0. The maximum absolute atomic E-state index is 11.6. The maximum Gasteiger partial charge on any atom is 0.238 e. The van der Waals surface area contributed by atoms with Crippen LogP contribution in [-0.2, 0) is 9.78 Å². The molecule has 0 saturated carbocycles. The van der Waals surface area contributed by atoms with Crippen molar-refractivity contribution in [3.05, 3.63) is 54.0 Å². The van der Waals surface area contributed by atoms with Gasteiger partial charge in [-0.3, -0.25) is 10.1 Å². The first kappa shape index (κ1) is 47.7. The van der Waals surface area contributed by atoms with Crippen molar-refractivity contribution in [1.82, 2.24) is 19.9 Å². The lowest BCUT2D eigenvalue weighted by atomic mass is 10.1. The van der Waals surface area contributed by atoms with Crippen molar-refractivity contribution in [2.75, 3.05) is 31.4 Å². The fourth-order valence-corrected chi connectivity index (χ4v) is 3.77. The lowest BCUT2D eigenvalue weighted by Gasteiger charge is -2.12. The molecule has 4 rings (SSSR count). The molecule has 8 N–H and O–H groups in total. The third-order valence-corrected chi connectivity index (χ3v) is 6.04. The largest absolute Gasteiger partial charge is 0.493 e. The highest BCUT2D eigenvalue weighted by molar-refractivity contribution is 5.93. The van der Waals surface area contributed by atoms with Gasteiger partial charge in [0.15, 0.2) is 17.1 Å². The van der Waals surface area contributed by atoms with Gasteiger partial charge in [-0.25, -0.2) is 9.97 Å². The van der Waals surface area contributed by atoms with E-state index in [9.17, 15) is 10.0 Å². The summed E-state index contributed by atoms with van der Waals surface area (Å²) in [7, 11) is 3.16. The van der Waals surface area contributed by atoms with Crippen molar-refractivity contribution in [1.29, 1.82) is 0 Å². The van der Waals surface area contributed by atoms with Gasteiger partial charge in [-0.2, -0.15) is 4.98 Å². The van der Waals surface area contributed by atoms with Crippen LogP contribution in [0.5, 0.6) is 11.5 Å². The van der Waals surface area contributed by atoms with Gasteiger partial charge in [0, 0.05) is 45.4 Å². The molecule has 0 aliphatic rings. The molecule has 318 valence electrons. The Balaban J connectivity index is -0.000000180. The molecular weight excluding hydrogens is 797 g/mol. The number of nitrogens with one attached hydrogen (secondary N) is 3. The third-order valence-electron chi connectivity index (χ3n) is 6.04. The summed E-state index contributed by atoms with van der Waals surface area (Å²) in [6, 6.07) is 12.7. The minimum absolute atomic E-state index is 0. The van der Waals surface area contributed by atoms with Gasteiger partial charge in [-0.05, 0) is 138 Å². The van der Waals surface area contributed by atoms with Gasteiger partial charge in [-0.1, -0.05) is 17.2 Å². The summed E-state index contributed by atoms with van der Waals surface area (Å²) in [6.07, 6.45) is 6.46. The molecule has 2 aromatic carbocycles. The number of aromatic amines is 1. The van der Waals surface area contributed by atoms with Crippen LogP contribution < -0.4 is 31.7 Å². The zero-order valence-corrected chi connectivity index (χ0v) is 32.6. The number of anilines is 3. The quantitative estimate of drug-likeness (QED) is 0.0391. The van der Waals surface area contributed by atoms with E-state index in [0.29, 0.717) is 45.7 Å². The Morgan fingerprint density at radius 1 is 0.855 bits per heavy atom. The smallest absolute Gasteiger partial charge is 0.238 e. The Morgan fingerprint density at radius 2 is 1.45 bits per heavy atom. The van der Waals surface area contributed by atoms with Gasteiger partial charge in [0.2, 0.25) is 22.3 Å². The highest BCUT2D eigenvalue weighted by Crippen LogP contribution is 2.34. The Hall–Kier alpha value is -10.4. The number of nitrogens with zero attached hydrogens (tertiary/aromatic N) is 9. The van der Waals surface area contributed by atoms with E-state index in [1.165, 1.54) is 0 Å². The molecule has 4 aromatic rings. The number of hydrogen-bond acceptors (Lipinski definition) is 12. The average Bonchev–Trinajstić information content (AvgIpc) is 3.77. The Bertz CT molecular complexity index is 2990. The number of amides is 1. The number of ether oxygens (including phenoxy) is 2. The van der Waals surface area contributed by atoms with Crippen molar-refractivity contribution in [2.45, 2.75) is 6.92 Å². The van der Waals surface area contributed by atoms with Crippen LogP contribution in [0.2, 0.25) is 0 Å². The van der Waals surface area contributed by atoms with E-state index in [1.807, 2.05) is 24.3 Å². The summed E-state index contributed by atoms with van der Waals surface area (Å²) < 4.78 is 10.7. The molecule has 0 unspecified atom stereocenters. The number of nitrogens with two attached hydrogens (primary N) is 2. The first-order chi connectivity index (χ1) is 30.3. The molecule has 20 heteroatoms. The number of rotatable bonds is 10. The Morgan fingerprint density at radius 3 is 2.00 bits per heavy atom. The highest BCUT2D eigenvalue weighted by atomic mass is 17.2. The maximum atomic E-state index is 11.6. The van der Waals surface area contributed by atoms with Crippen LogP contribution >= 0.6 is 0 Å². The zero-order chi connectivity index (χ0) is 45.0. The van der Waals surface area contributed by atoms with Crippen LogP contribution in [0.25, 0.3) is 22.4 Å². The minimum atomic E-state index is -0.602. The Labute approximate surface area is 366 Å². The summed E-state index contributed by atoms with van der Waals surface area (Å²) in [6.45, 7) is 1.61. The van der Waals surface area contributed by atoms with E-state index >= 15 is 0 Å². The van der Waals surface area contributed by atoms with Crippen LogP contribution in [0.4, 0.5) is 17.3 Å². The summed E-state index contributed by atoms with van der Waals surface area (Å²) in [5, 5.41) is 35.9. The van der Waals surface area contributed by atoms with Gasteiger partial charge in [0.1, 0.15) is 16.4 Å². The fourth-order valence-electron chi connectivity index (χ4n) is 3.77. The van der Waals surface area contributed by atoms with Crippen LogP contribution in [0, 0.1) is 124 Å². The first-order valence-electron chi connectivity index (χ1n) is 16.5. The molecule has 0 saturated heterocycles. The molecule has 2 heterocycles. The van der Waals surface area contributed by atoms with Crippen LogP contribution in [0.3, 0.4) is 0 Å². The fraction of sp³-hybridized carbons (Fsp3) is 0.0952. The molecular formula is C42H44N14O6. The lowest BCUT2D eigenvalue weighted by Crippen LogP contribution is -2.21. The molecule has 2 aromatic heterocycles. The van der Waals surface area contributed by atoms with Crippen LogP contribution in [-0.4, -0.2) is 56.9 Å². The van der Waals surface area contributed by atoms with Crippen molar-refractivity contribution in [3.63, 3.8) is 0 Å². The number of imidazole rings is 1. The number of hydrogen-bond donors (Lipinski definition) is 6. The van der Waals surface area contributed by atoms with Gasteiger partial charge in [-0.15, -0.1) is 6.42 Å². The number of benzene rings is 2. The third kappa shape index (κ3) is 18.9. The van der Waals surface area contributed by atoms with Crippen molar-refractivity contribution in [3.8, 4) is 142 Å². The molecule has 0 radical (unpaired) electrons. The number of aromatic nitrogens is 4. The number of H-pyrrole nitrogens is 1. The van der Waals surface area contributed by atoms with E-state index in [-0.39, 0.29) is 23.9 Å². The van der Waals surface area contributed by atoms with Gasteiger partial charge in [0.05, 0.1) is 32.1 Å². The number of methoxy groups -OCH3 is 2. The average molecular weight is 841 g/mol.